The largest absolute Gasteiger partial charge is 0.489 e. The topological polar surface area (TPSA) is 42.2 Å². The number of ether oxygens (including phenoxy) is 2. The summed E-state index contributed by atoms with van der Waals surface area (Å²) in [6.45, 7) is 1.37. The van der Waals surface area contributed by atoms with Crippen molar-refractivity contribution < 1.29 is 9.47 Å². The van der Waals surface area contributed by atoms with Crippen molar-refractivity contribution in [3.8, 4) is 11.8 Å². The zero-order valence-corrected chi connectivity index (χ0v) is 9.19. The number of nitrogens with zero attached hydrogens (tertiary/aromatic N) is 1. The maximum absolute atomic E-state index is 8.89. The second kappa shape index (κ2) is 5.53. The molecule has 0 bridgehead atoms. The highest BCUT2D eigenvalue weighted by Gasteiger charge is 2.14. The van der Waals surface area contributed by atoms with E-state index in [4.69, 9.17) is 14.7 Å². The maximum atomic E-state index is 8.89. The Balaban J connectivity index is 1.91. The fraction of sp³-hybridized carbons (Fsp3) is 0.462. The van der Waals surface area contributed by atoms with Gasteiger partial charge in [0, 0.05) is 6.61 Å². The summed E-state index contributed by atoms with van der Waals surface area (Å²) in [5.74, 6) is 0.652. The van der Waals surface area contributed by atoms with Gasteiger partial charge in [0.1, 0.15) is 18.4 Å². The predicted molar refractivity (Wildman–Crippen MR) is 60.2 cm³/mol. The summed E-state index contributed by atoms with van der Waals surface area (Å²) in [5, 5.41) is 8.89. The monoisotopic (exact) mass is 217 g/mol. The quantitative estimate of drug-likeness (QED) is 0.781. The molecule has 1 fully saturated rings. The second-order valence-electron chi connectivity index (χ2n) is 3.91. The van der Waals surface area contributed by atoms with Crippen LogP contribution in [0, 0.1) is 11.3 Å². The van der Waals surface area contributed by atoms with E-state index in [0.29, 0.717) is 17.9 Å². The minimum absolute atomic E-state index is 0.181. The number of hydrogen-bond acceptors (Lipinski definition) is 3. The van der Waals surface area contributed by atoms with E-state index in [1.165, 1.54) is 6.42 Å². The highest BCUT2D eigenvalue weighted by atomic mass is 16.5. The Labute approximate surface area is 95.6 Å². The van der Waals surface area contributed by atoms with Crippen LogP contribution in [0.15, 0.2) is 24.3 Å². The molecule has 0 radical (unpaired) electrons. The highest BCUT2D eigenvalue weighted by Crippen LogP contribution is 2.19. The van der Waals surface area contributed by atoms with Crippen LogP contribution in [0.25, 0.3) is 0 Å². The molecule has 1 atom stereocenters. The standard InChI is InChI=1S/C13H15NO2/c14-9-11-5-1-2-7-13(11)16-10-12-6-3-4-8-15-12/h1-2,5,7,12H,3-4,6,8,10H2/t12-/m1/s1. The summed E-state index contributed by atoms with van der Waals surface area (Å²) in [6, 6.07) is 9.41. The molecule has 0 spiro atoms. The SMILES string of the molecule is N#Cc1ccccc1OC[C@H]1CCCCO1. The normalized spacial score (nSPS) is 20.1. The summed E-state index contributed by atoms with van der Waals surface area (Å²) in [6.07, 6.45) is 3.58. The molecule has 0 unspecified atom stereocenters. The molecule has 3 heteroatoms. The lowest BCUT2D eigenvalue weighted by molar-refractivity contribution is -0.0111. The summed E-state index contributed by atoms with van der Waals surface area (Å²) in [4.78, 5) is 0. The zero-order chi connectivity index (χ0) is 11.2. The Hall–Kier alpha value is -1.53. The molecular weight excluding hydrogens is 202 g/mol. The van der Waals surface area contributed by atoms with Crippen molar-refractivity contribution in [2.75, 3.05) is 13.2 Å². The van der Waals surface area contributed by atoms with E-state index in [2.05, 4.69) is 6.07 Å². The molecule has 0 saturated carbocycles. The van der Waals surface area contributed by atoms with Gasteiger partial charge in [-0.15, -0.1) is 0 Å². The van der Waals surface area contributed by atoms with Gasteiger partial charge in [-0.3, -0.25) is 0 Å². The van der Waals surface area contributed by atoms with E-state index in [1.807, 2.05) is 18.2 Å². The fourth-order valence-electron chi connectivity index (χ4n) is 1.81. The van der Waals surface area contributed by atoms with Gasteiger partial charge in [0.15, 0.2) is 0 Å². The Kier molecular flexibility index (Phi) is 3.79. The molecule has 1 aliphatic rings. The molecule has 16 heavy (non-hydrogen) atoms. The molecule has 0 N–H and O–H groups in total. The Bertz CT molecular complexity index is 378. The van der Waals surface area contributed by atoms with Crippen molar-refractivity contribution in [3.05, 3.63) is 29.8 Å². The average molecular weight is 217 g/mol. The van der Waals surface area contributed by atoms with E-state index >= 15 is 0 Å². The molecule has 1 heterocycles. The number of hydrogen-bond donors (Lipinski definition) is 0. The van der Waals surface area contributed by atoms with Crippen molar-refractivity contribution in [3.63, 3.8) is 0 Å². The van der Waals surface area contributed by atoms with Crippen LogP contribution in [0.3, 0.4) is 0 Å². The molecule has 84 valence electrons. The van der Waals surface area contributed by atoms with Gasteiger partial charge in [-0.25, -0.2) is 0 Å². The highest BCUT2D eigenvalue weighted by molar-refractivity contribution is 5.42. The summed E-state index contributed by atoms with van der Waals surface area (Å²) >= 11 is 0. The third-order valence-electron chi connectivity index (χ3n) is 2.71. The van der Waals surface area contributed by atoms with E-state index in [1.54, 1.807) is 6.07 Å². The Morgan fingerprint density at radius 3 is 3.00 bits per heavy atom. The van der Waals surface area contributed by atoms with E-state index in [-0.39, 0.29) is 6.10 Å². The molecule has 0 aromatic heterocycles. The first-order valence-electron chi connectivity index (χ1n) is 5.63. The fourth-order valence-corrected chi connectivity index (χ4v) is 1.81. The van der Waals surface area contributed by atoms with Crippen LogP contribution in [0.4, 0.5) is 0 Å². The lowest BCUT2D eigenvalue weighted by Gasteiger charge is -2.22. The number of nitriles is 1. The first kappa shape index (κ1) is 11.0. The smallest absolute Gasteiger partial charge is 0.137 e. The van der Waals surface area contributed by atoms with Gasteiger partial charge < -0.3 is 9.47 Å². The first-order chi connectivity index (χ1) is 7.90. The summed E-state index contributed by atoms with van der Waals surface area (Å²) in [7, 11) is 0. The van der Waals surface area contributed by atoms with Crippen molar-refractivity contribution in [2.24, 2.45) is 0 Å². The number of benzene rings is 1. The molecular formula is C13H15NO2. The van der Waals surface area contributed by atoms with Crippen molar-refractivity contribution >= 4 is 0 Å². The lowest BCUT2D eigenvalue weighted by atomic mass is 10.1. The second-order valence-corrected chi connectivity index (χ2v) is 3.91. The van der Waals surface area contributed by atoms with Gasteiger partial charge in [-0.05, 0) is 31.4 Å². The van der Waals surface area contributed by atoms with Gasteiger partial charge in [0.25, 0.3) is 0 Å². The molecule has 2 rings (SSSR count). The van der Waals surface area contributed by atoms with E-state index in [0.717, 1.165) is 19.4 Å². The Morgan fingerprint density at radius 2 is 2.25 bits per heavy atom. The lowest BCUT2D eigenvalue weighted by Crippen LogP contribution is -2.25. The minimum atomic E-state index is 0.181. The van der Waals surface area contributed by atoms with Gasteiger partial charge in [-0.2, -0.15) is 5.26 Å². The molecule has 3 nitrogen and oxygen atoms in total. The van der Waals surface area contributed by atoms with E-state index in [9.17, 15) is 0 Å². The summed E-state index contributed by atoms with van der Waals surface area (Å²) < 4.78 is 11.2. The van der Waals surface area contributed by atoms with E-state index < -0.39 is 0 Å². The van der Waals surface area contributed by atoms with Crippen LogP contribution in [-0.4, -0.2) is 19.3 Å². The molecule has 0 amide bonds. The number of rotatable bonds is 3. The van der Waals surface area contributed by atoms with Crippen molar-refractivity contribution in [1.82, 2.24) is 0 Å². The van der Waals surface area contributed by atoms with Crippen LogP contribution in [0.2, 0.25) is 0 Å². The van der Waals surface area contributed by atoms with Crippen molar-refractivity contribution in [1.29, 1.82) is 5.26 Å². The third-order valence-corrected chi connectivity index (χ3v) is 2.71. The van der Waals surface area contributed by atoms with Crippen LogP contribution in [-0.2, 0) is 4.74 Å². The van der Waals surface area contributed by atoms with Gasteiger partial charge in [0.2, 0.25) is 0 Å². The molecule has 0 aliphatic carbocycles. The maximum Gasteiger partial charge on any atom is 0.137 e. The average Bonchev–Trinajstić information content (AvgIpc) is 2.38. The molecule has 1 aromatic carbocycles. The van der Waals surface area contributed by atoms with Crippen LogP contribution in [0.5, 0.6) is 5.75 Å². The van der Waals surface area contributed by atoms with Crippen LogP contribution >= 0.6 is 0 Å². The van der Waals surface area contributed by atoms with Crippen LogP contribution in [0.1, 0.15) is 24.8 Å². The number of para-hydroxylation sites is 1. The summed E-state index contributed by atoms with van der Waals surface area (Å²) in [5.41, 5.74) is 0.582. The first-order valence-corrected chi connectivity index (χ1v) is 5.63. The van der Waals surface area contributed by atoms with Gasteiger partial charge in [0.05, 0.1) is 11.7 Å². The molecule has 1 aliphatic heterocycles. The molecule has 1 saturated heterocycles. The van der Waals surface area contributed by atoms with Gasteiger partial charge in [-0.1, -0.05) is 12.1 Å². The molecule has 1 aromatic rings. The van der Waals surface area contributed by atoms with Crippen LogP contribution < -0.4 is 4.74 Å². The van der Waals surface area contributed by atoms with Crippen molar-refractivity contribution in [2.45, 2.75) is 25.4 Å². The zero-order valence-electron chi connectivity index (χ0n) is 9.19. The van der Waals surface area contributed by atoms with Gasteiger partial charge >= 0.3 is 0 Å². The third kappa shape index (κ3) is 2.74. The minimum Gasteiger partial charge on any atom is -0.489 e. The Morgan fingerprint density at radius 1 is 1.38 bits per heavy atom. The predicted octanol–water partition coefficient (Wildman–Crippen LogP) is 2.51.